The van der Waals surface area contributed by atoms with Crippen molar-refractivity contribution in [3.8, 4) is 22.3 Å². The molecule has 0 heterocycles. The number of rotatable bonds is 13. The lowest BCUT2D eigenvalue weighted by atomic mass is 9.97. The van der Waals surface area contributed by atoms with Gasteiger partial charge in [-0.15, -0.1) is 0 Å². The van der Waals surface area contributed by atoms with Crippen LogP contribution >= 0.6 is 11.6 Å². The second-order valence-electron chi connectivity index (χ2n) is 9.48. The molecule has 1 atom stereocenters. The first kappa shape index (κ1) is 27.0. The highest BCUT2D eigenvalue weighted by Gasteiger charge is 2.11. The summed E-state index contributed by atoms with van der Waals surface area (Å²) in [5.74, 6) is -0.154. The molecule has 0 amide bonds. The van der Waals surface area contributed by atoms with E-state index >= 15 is 0 Å². The third-order valence-corrected chi connectivity index (χ3v) is 6.87. The second kappa shape index (κ2) is 14.1. The van der Waals surface area contributed by atoms with Gasteiger partial charge in [-0.3, -0.25) is 4.79 Å². The molecular formula is C32H39ClO2. The van der Waals surface area contributed by atoms with Crippen LogP contribution in [0, 0.1) is 0 Å². The fourth-order valence-electron chi connectivity index (χ4n) is 4.30. The number of halogens is 1. The number of hydrogen-bond donors (Lipinski definition) is 0. The topological polar surface area (TPSA) is 26.3 Å². The molecule has 2 nitrogen and oxygen atoms in total. The highest BCUT2D eigenvalue weighted by Crippen LogP contribution is 2.29. The van der Waals surface area contributed by atoms with Crippen molar-refractivity contribution in [1.29, 1.82) is 0 Å². The van der Waals surface area contributed by atoms with Crippen molar-refractivity contribution in [3.05, 3.63) is 82.9 Å². The molecule has 3 aromatic rings. The maximum atomic E-state index is 12.2. The zero-order valence-corrected chi connectivity index (χ0v) is 22.2. The molecule has 3 rings (SSSR count). The van der Waals surface area contributed by atoms with Crippen molar-refractivity contribution in [1.82, 2.24) is 0 Å². The summed E-state index contributed by atoms with van der Waals surface area (Å²) in [6.45, 7) is 6.34. The van der Waals surface area contributed by atoms with Crippen molar-refractivity contribution < 1.29 is 9.53 Å². The molecule has 35 heavy (non-hydrogen) atoms. The van der Waals surface area contributed by atoms with Gasteiger partial charge in [-0.25, -0.2) is 0 Å². The number of esters is 1. The van der Waals surface area contributed by atoms with Gasteiger partial charge in [0, 0.05) is 11.4 Å². The fraction of sp³-hybridized carbons (Fsp3) is 0.406. The van der Waals surface area contributed by atoms with Crippen LogP contribution in [0.3, 0.4) is 0 Å². The predicted octanol–water partition coefficient (Wildman–Crippen LogP) is 9.46. The van der Waals surface area contributed by atoms with Crippen LogP contribution in [0.5, 0.6) is 0 Å². The van der Waals surface area contributed by atoms with Crippen LogP contribution in [-0.2, 0) is 22.4 Å². The number of hydrogen-bond acceptors (Lipinski definition) is 2. The molecule has 0 bridgehead atoms. The minimum absolute atomic E-state index is 0.0213. The normalized spacial score (nSPS) is 11.9. The first-order valence-corrected chi connectivity index (χ1v) is 13.6. The Balaban J connectivity index is 1.57. The van der Waals surface area contributed by atoms with Gasteiger partial charge in [0.1, 0.15) is 0 Å². The van der Waals surface area contributed by atoms with E-state index in [1.807, 2.05) is 19.1 Å². The molecule has 0 aliphatic heterocycles. The summed E-state index contributed by atoms with van der Waals surface area (Å²) in [7, 11) is 0. The van der Waals surface area contributed by atoms with Gasteiger partial charge in [-0.2, -0.15) is 0 Å². The van der Waals surface area contributed by atoms with Gasteiger partial charge in [0.2, 0.25) is 0 Å². The first-order valence-electron chi connectivity index (χ1n) is 13.2. The first-order chi connectivity index (χ1) is 17.0. The molecule has 0 spiro atoms. The summed E-state index contributed by atoms with van der Waals surface area (Å²) in [4.78, 5) is 12.2. The standard InChI is InChI=1S/C32H39ClO2/c1-4-6-8-10-25-11-13-26(14-12-25)27-15-17-28(18-16-27)30-20-19-29(31(33)23-30)21-22-32(34)35-24(3)9-7-5-2/h11-20,23-24H,4-10,21-22H2,1-3H3. The molecule has 0 aliphatic carbocycles. The van der Waals surface area contributed by atoms with Gasteiger partial charge in [0.15, 0.2) is 0 Å². The van der Waals surface area contributed by atoms with Crippen molar-refractivity contribution in [3.63, 3.8) is 0 Å². The Labute approximate surface area is 216 Å². The predicted molar refractivity (Wildman–Crippen MR) is 149 cm³/mol. The Morgan fingerprint density at radius 3 is 1.94 bits per heavy atom. The van der Waals surface area contributed by atoms with Crippen LogP contribution < -0.4 is 0 Å². The van der Waals surface area contributed by atoms with E-state index in [9.17, 15) is 4.79 Å². The Hall–Kier alpha value is -2.58. The van der Waals surface area contributed by atoms with Crippen LogP contribution in [0.15, 0.2) is 66.7 Å². The molecule has 0 N–H and O–H groups in total. The number of carbonyl (C=O) groups excluding carboxylic acids is 1. The Morgan fingerprint density at radius 1 is 0.771 bits per heavy atom. The van der Waals surface area contributed by atoms with E-state index in [-0.39, 0.29) is 12.1 Å². The van der Waals surface area contributed by atoms with Crippen LogP contribution in [0.2, 0.25) is 5.02 Å². The number of benzene rings is 3. The maximum Gasteiger partial charge on any atom is 0.306 e. The molecular weight excluding hydrogens is 452 g/mol. The number of ether oxygens (including phenoxy) is 1. The Bertz CT molecular complexity index is 1050. The third kappa shape index (κ3) is 8.54. The van der Waals surface area contributed by atoms with E-state index in [2.05, 4.69) is 68.4 Å². The number of aryl methyl sites for hydroxylation is 2. The largest absolute Gasteiger partial charge is 0.463 e. The van der Waals surface area contributed by atoms with Crippen LogP contribution in [-0.4, -0.2) is 12.1 Å². The lowest BCUT2D eigenvalue weighted by Crippen LogP contribution is -2.15. The minimum atomic E-state index is -0.154. The Kier molecular flexibility index (Phi) is 10.9. The lowest BCUT2D eigenvalue weighted by Gasteiger charge is -2.13. The van der Waals surface area contributed by atoms with Gasteiger partial charge in [-0.05, 0) is 72.1 Å². The van der Waals surface area contributed by atoms with E-state index in [1.54, 1.807) is 0 Å². The molecule has 0 fully saturated rings. The highest BCUT2D eigenvalue weighted by atomic mass is 35.5. The summed E-state index contributed by atoms with van der Waals surface area (Å²) in [6, 6.07) is 23.7. The van der Waals surface area contributed by atoms with Gasteiger partial charge in [0.25, 0.3) is 0 Å². The van der Waals surface area contributed by atoms with Gasteiger partial charge < -0.3 is 4.74 Å². The smallest absolute Gasteiger partial charge is 0.306 e. The van der Waals surface area contributed by atoms with E-state index in [0.29, 0.717) is 17.9 Å². The Morgan fingerprint density at radius 2 is 1.34 bits per heavy atom. The molecule has 3 aromatic carbocycles. The van der Waals surface area contributed by atoms with Gasteiger partial charge >= 0.3 is 5.97 Å². The van der Waals surface area contributed by atoms with Crippen molar-refractivity contribution in [2.75, 3.05) is 0 Å². The number of unbranched alkanes of at least 4 members (excludes halogenated alkanes) is 3. The number of carbonyl (C=O) groups is 1. The SMILES string of the molecule is CCCCCc1ccc(-c2ccc(-c3ccc(CCC(=O)OC(C)CCCC)c(Cl)c3)cc2)cc1. The van der Waals surface area contributed by atoms with Crippen molar-refractivity contribution >= 4 is 17.6 Å². The van der Waals surface area contributed by atoms with E-state index in [0.717, 1.165) is 42.4 Å². The second-order valence-corrected chi connectivity index (χ2v) is 9.89. The summed E-state index contributed by atoms with van der Waals surface area (Å²) >= 11 is 6.57. The highest BCUT2D eigenvalue weighted by molar-refractivity contribution is 6.31. The lowest BCUT2D eigenvalue weighted by molar-refractivity contribution is -0.148. The summed E-state index contributed by atoms with van der Waals surface area (Å²) in [5, 5.41) is 0.692. The van der Waals surface area contributed by atoms with Crippen molar-refractivity contribution in [2.24, 2.45) is 0 Å². The van der Waals surface area contributed by atoms with E-state index < -0.39 is 0 Å². The van der Waals surface area contributed by atoms with Crippen LogP contribution in [0.25, 0.3) is 22.3 Å². The average Bonchev–Trinajstić information content (AvgIpc) is 2.87. The maximum absolute atomic E-state index is 12.2. The van der Waals surface area contributed by atoms with Crippen molar-refractivity contribution in [2.45, 2.75) is 84.7 Å². The van der Waals surface area contributed by atoms with Gasteiger partial charge in [-0.1, -0.05) is 112 Å². The summed E-state index contributed by atoms with van der Waals surface area (Å²) in [5.41, 5.74) is 7.04. The third-order valence-electron chi connectivity index (χ3n) is 6.52. The molecule has 186 valence electrons. The summed E-state index contributed by atoms with van der Waals surface area (Å²) < 4.78 is 5.50. The quantitative estimate of drug-likeness (QED) is 0.176. The molecule has 3 heteroatoms. The zero-order chi connectivity index (χ0) is 25.0. The fourth-order valence-corrected chi connectivity index (χ4v) is 4.57. The van der Waals surface area contributed by atoms with E-state index in [4.69, 9.17) is 16.3 Å². The average molecular weight is 491 g/mol. The molecule has 0 aromatic heterocycles. The van der Waals surface area contributed by atoms with Crippen LogP contribution in [0.4, 0.5) is 0 Å². The van der Waals surface area contributed by atoms with Gasteiger partial charge in [0.05, 0.1) is 6.10 Å². The monoisotopic (exact) mass is 490 g/mol. The molecule has 1 unspecified atom stereocenters. The molecule has 0 saturated heterocycles. The van der Waals surface area contributed by atoms with Crippen LogP contribution in [0.1, 0.15) is 76.8 Å². The molecule has 0 aliphatic rings. The zero-order valence-electron chi connectivity index (χ0n) is 21.5. The summed E-state index contributed by atoms with van der Waals surface area (Å²) in [6.07, 6.45) is 8.98. The van der Waals surface area contributed by atoms with E-state index in [1.165, 1.54) is 36.0 Å². The molecule has 0 radical (unpaired) electrons. The minimum Gasteiger partial charge on any atom is -0.463 e. The molecule has 0 saturated carbocycles.